The summed E-state index contributed by atoms with van der Waals surface area (Å²) in [5.74, 6) is 0. The fourth-order valence-corrected chi connectivity index (χ4v) is 5.05. The number of aliphatic imine (C=N–C) groups is 1. The highest BCUT2D eigenvalue weighted by Gasteiger charge is 2.20. The molecule has 0 spiro atoms. The minimum absolute atomic E-state index is 0.775. The minimum Gasteiger partial charge on any atom is -0.340 e. The Bertz CT molecular complexity index is 1060. The van der Waals surface area contributed by atoms with Gasteiger partial charge in [-0.05, 0) is 44.2 Å². The molecule has 0 atom stereocenters. The standard InChI is InChI=1S/C22H21N3S/c1-3-12-25-15(2)19(16-8-4-6-10-20(16)25)14-24-22-18(13-23)17-9-5-7-11-21(17)26-22/h3-4,6,8,10,14H,1,5,7,9,11-12H2,2H3/b24-14+. The van der Waals surface area contributed by atoms with E-state index in [0.29, 0.717) is 0 Å². The van der Waals surface area contributed by atoms with E-state index in [9.17, 15) is 5.26 Å². The van der Waals surface area contributed by atoms with Crippen LogP contribution in [0.5, 0.6) is 0 Å². The van der Waals surface area contributed by atoms with Crippen molar-refractivity contribution in [1.82, 2.24) is 4.57 Å². The lowest BCUT2D eigenvalue weighted by molar-refractivity contribution is 0.696. The van der Waals surface area contributed by atoms with Gasteiger partial charge in [0.15, 0.2) is 0 Å². The topological polar surface area (TPSA) is 41.1 Å². The molecule has 2 heterocycles. The van der Waals surface area contributed by atoms with Crippen molar-refractivity contribution in [2.24, 2.45) is 4.99 Å². The van der Waals surface area contributed by atoms with Crippen molar-refractivity contribution in [2.45, 2.75) is 39.2 Å². The molecule has 4 rings (SSSR count). The molecule has 0 fully saturated rings. The molecule has 1 aliphatic carbocycles. The molecule has 4 heteroatoms. The normalized spacial score (nSPS) is 13.8. The number of hydrogen-bond acceptors (Lipinski definition) is 3. The Kier molecular flexibility index (Phi) is 4.48. The molecule has 130 valence electrons. The zero-order valence-corrected chi connectivity index (χ0v) is 15.8. The Balaban J connectivity index is 1.81. The third-order valence-electron chi connectivity index (χ3n) is 5.17. The maximum atomic E-state index is 9.63. The highest BCUT2D eigenvalue weighted by molar-refractivity contribution is 7.16. The van der Waals surface area contributed by atoms with Crippen molar-refractivity contribution in [2.75, 3.05) is 0 Å². The summed E-state index contributed by atoms with van der Waals surface area (Å²) in [7, 11) is 0. The molecule has 0 N–H and O–H groups in total. The molecule has 1 aliphatic rings. The lowest BCUT2D eigenvalue weighted by Crippen LogP contribution is -1.99. The third-order valence-corrected chi connectivity index (χ3v) is 6.37. The van der Waals surface area contributed by atoms with Gasteiger partial charge in [0.25, 0.3) is 0 Å². The van der Waals surface area contributed by atoms with E-state index in [1.165, 1.54) is 39.9 Å². The van der Waals surface area contributed by atoms with Crippen molar-refractivity contribution in [3.8, 4) is 6.07 Å². The van der Waals surface area contributed by atoms with E-state index in [-0.39, 0.29) is 0 Å². The lowest BCUT2D eigenvalue weighted by Gasteiger charge is -2.09. The van der Waals surface area contributed by atoms with Crippen molar-refractivity contribution in [3.63, 3.8) is 0 Å². The first-order valence-electron chi connectivity index (χ1n) is 9.02. The fourth-order valence-electron chi connectivity index (χ4n) is 3.87. The Morgan fingerprint density at radius 1 is 1.31 bits per heavy atom. The summed E-state index contributed by atoms with van der Waals surface area (Å²) in [5, 5.41) is 11.7. The quantitative estimate of drug-likeness (QED) is 0.435. The number of nitriles is 1. The van der Waals surface area contributed by atoms with Gasteiger partial charge in [-0.1, -0.05) is 24.3 Å². The number of nitrogens with zero attached hydrogens (tertiary/aromatic N) is 3. The summed E-state index contributed by atoms with van der Waals surface area (Å²) in [4.78, 5) is 6.12. The number of aryl methyl sites for hydroxylation is 1. The van der Waals surface area contributed by atoms with Crippen LogP contribution in [0.25, 0.3) is 10.9 Å². The summed E-state index contributed by atoms with van der Waals surface area (Å²) < 4.78 is 2.26. The number of allylic oxidation sites excluding steroid dienone is 1. The number of thiophene rings is 1. The van der Waals surface area contributed by atoms with Crippen LogP contribution in [-0.4, -0.2) is 10.8 Å². The van der Waals surface area contributed by atoms with Crippen LogP contribution in [0.3, 0.4) is 0 Å². The Morgan fingerprint density at radius 3 is 2.92 bits per heavy atom. The average Bonchev–Trinajstić information content (AvgIpc) is 3.16. The number of aromatic nitrogens is 1. The van der Waals surface area contributed by atoms with Gasteiger partial charge in [-0.3, -0.25) is 0 Å². The van der Waals surface area contributed by atoms with Crippen LogP contribution < -0.4 is 0 Å². The smallest absolute Gasteiger partial charge is 0.134 e. The van der Waals surface area contributed by atoms with Crippen LogP contribution >= 0.6 is 11.3 Å². The SMILES string of the molecule is C=CCn1c(C)c(/C=N/c2sc3c(c2C#N)CCCC3)c2ccccc21. The molecule has 26 heavy (non-hydrogen) atoms. The van der Waals surface area contributed by atoms with Crippen LogP contribution in [0.1, 0.15) is 40.1 Å². The Morgan fingerprint density at radius 2 is 2.12 bits per heavy atom. The van der Waals surface area contributed by atoms with Gasteiger partial charge in [0.1, 0.15) is 11.1 Å². The van der Waals surface area contributed by atoms with Crippen LogP contribution in [-0.2, 0) is 19.4 Å². The molecular formula is C22H21N3S. The van der Waals surface area contributed by atoms with Gasteiger partial charge in [-0.2, -0.15) is 5.26 Å². The van der Waals surface area contributed by atoms with Crippen molar-refractivity contribution in [1.29, 1.82) is 5.26 Å². The van der Waals surface area contributed by atoms with E-state index in [0.717, 1.165) is 35.5 Å². The van der Waals surface area contributed by atoms with E-state index in [4.69, 9.17) is 4.99 Å². The molecule has 2 aromatic heterocycles. The third kappa shape index (κ3) is 2.69. The van der Waals surface area contributed by atoms with Gasteiger partial charge >= 0.3 is 0 Å². The maximum Gasteiger partial charge on any atom is 0.134 e. The molecule has 0 radical (unpaired) electrons. The van der Waals surface area contributed by atoms with Gasteiger partial charge in [-0.25, -0.2) is 4.99 Å². The summed E-state index contributed by atoms with van der Waals surface area (Å²) in [6.07, 6.45) is 8.35. The van der Waals surface area contributed by atoms with E-state index in [1.54, 1.807) is 11.3 Å². The highest BCUT2D eigenvalue weighted by Crippen LogP contribution is 2.39. The van der Waals surface area contributed by atoms with E-state index in [2.05, 4.69) is 48.4 Å². The largest absolute Gasteiger partial charge is 0.340 e. The molecular weight excluding hydrogens is 338 g/mol. The molecule has 0 unspecified atom stereocenters. The van der Waals surface area contributed by atoms with Crippen LogP contribution in [0.2, 0.25) is 0 Å². The van der Waals surface area contributed by atoms with Crippen molar-refractivity contribution in [3.05, 3.63) is 64.2 Å². The molecule has 3 nitrogen and oxygen atoms in total. The van der Waals surface area contributed by atoms with Gasteiger partial charge in [0, 0.05) is 39.8 Å². The number of rotatable bonds is 4. The van der Waals surface area contributed by atoms with Gasteiger partial charge < -0.3 is 4.57 Å². The molecule has 0 saturated heterocycles. The molecule has 1 aromatic carbocycles. The maximum absolute atomic E-state index is 9.63. The fraction of sp³-hybridized carbons (Fsp3) is 0.273. The molecule has 0 saturated carbocycles. The Labute approximate surface area is 157 Å². The van der Waals surface area contributed by atoms with Crippen molar-refractivity contribution >= 4 is 33.5 Å². The molecule has 0 amide bonds. The predicted octanol–water partition coefficient (Wildman–Crippen LogP) is 5.70. The van der Waals surface area contributed by atoms with Crippen LogP contribution in [0.15, 0.2) is 41.9 Å². The zero-order valence-electron chi connectivity index (χ0n) is 15.0. The van der Waals surface area contributed by atoms with Gasteiger partial charge in [-0.15, -0.1) is 17.9 Å². The summed E-state index contributed by atoms with van der Waals surface area (Å²) in [6, 6.07) is 10.8. The van der Waals surface area contributed by atoms with E-state index >= 15 is 0 Å². The van der Waals surface area contributed by atoms with Gasteiger partial charge in [0.2, 0.25) is 0 Å². The first-order valence-corrected chi connectivity index (χ1v) is 9.83. The second-order valence-corrected chi connectivity index (χ2v) is 7.76. The lowest BCUT2D eigenvalue weighted by atomic mass is 9.96. The number of hydrogen-bond donors (Lipinski definition) is 0. The van der Waals surface area contributed by atoms with E-state index in [1.807, 2.05) is 12.3 Å². The Hall–Kier alpha value is -2.64. The number of para-hydroxylation sites is 1. The summed E-state index contributed by atoms with van der Waals surface area (Å²) in [6.45, 7) is 6.77. The van der Waals surface area contributed by atoms with Crippen LogP contribution in [0, 0.1) is 18.3 Å². The highest BCUT2D eigenvalue weighted by atomic mass is 32.1. The predicted molar refractivity (Wildman–Crippen MR) is 110 cm³/mol. The molecule has 3 aromatic rings. The number of fused-ring (bicyclic) bond motifs is 2. The summed E-state index contributed by atoms with van der Waals surface area (Å²) in [5.41, 5.74) is 5.51. The monoisotopic (exact) mass is 359 g/mol. The summed E-state index contributed by atoms with van der Waals surface area (Å²) >= 11 is 1.69. The minimum atomic E-state index is 0.775. The zero-order chi connectivity index (χ0) is 18.1. The molecule has 0 aliphatic heterocycles. The molecule has 0 bridgehead atoms. The van der Waals surface area contributed by atoms with Gasteiger partial charge in [0.05, 0.1) is 5.56 Å². The second-order valence-electron chi connectivity index (χ2n) is 6.68. The van der Waals surface area contributed by atoms with E-state index < -0.39 is 0 Å². The van der Waals surface area contributed by atoms with Crippen LogP contribution in [0.4, 0.5) is 5.00 Å². The first-order chi connectivity index (χ1) is 12.7. The number of benzene rings is 1. The first kappa shape index (κ1) is 16.8. The average molecular weight is 359 g/mol. The van der Waals surface area contributed by atoms with Crippen molar-refractivity contribution < 1.29 is 0 Å². The second kappa shape index (κ2) is 6.93.